The normalized spacial score (nSPS) is 16.0. The van der Waals surface area contributed by atoms with Gasteiger partial charge >= 0.3 is 0 Å². The molecule has 3 heterocycles. The van der Waals surface area contributed by atoms with Gasteiger partial charge in [0.25, 0.3) is 5.56 Å². The van der Waals surface area contributed by atoms with Gasteiger partial charge in [-0.05, 0) is 41.6 Å². The van der Waals surface area contributed by atoms with Crippen molar-refractivity contribution in [3.05, 3.63) is 45.3 Å². The van der Waals surface area contributed by atoms with Crippen LogP contribution in [0.25, 0.3) is 0 Å². The monoisotopic (exact) mass is 363 g/mol. The van der Waals surface area contributed by atoms with E-state index in [2.05, 4.69) is 35.8 Å². The first-order valence-corrected chi connectivity index (χ1v) is 8.16. The Bertz CT molecular complexity index is 692. The van der Waals surface area contributed by atoms with E-state index in [1.165, 1.54) is 0 Å². The van der Waals surface area contributed by atoms with Crippen LogP contribution in [0.3, 0.4) is 0 Å². The molecule has 0 bridgehead atoms. The van der Waals surface area contributed by atoms with Crippen LogP contribution in [0.2, 0.25) is 0 Å². The molecule has 0 aliphatic carbocycles. The van der Waals surface area contributed by atoms with E-state index in [1.807, 2.05) is 0 Å². The second kappa shape index (κ2) is 6.56. The van der Waals surface area contributed by atoms with Crippen LogP contribution in [0, 0.1) is 12.8 Å². The maximum atomic E-state index is 12.0. The molecule has 0 saturated carbocycles. The van der Waals surface area contributed by atoms with Crippen molar-refractivity contribution >= 4 is 21.9 Å². The van der Waals surface area contributed by atoms with Gasteiger partial charge in [-0.3, -0.25) is 9.36 Å². The lowest BCUT2D eigenvalue weighted by Crippen LogP contribution is -2.37. The van der Waals surface area contributed by atoms with Crippen LogP contribution in [-0.4, -0.2) is 32.6 Å². The van der Waals surface area contributed by atoms with Gasteiger partial charge in [0, 0.05) is 43.8 Å². The lowest BCUT2D eigenvalue weighted by Gasteiger charge is -2.32. The standard InChI is InChI=1S/C15H18BrN5O/c1-11-6-17-10-21(14(11)22)9-12-2-4-20(5-3-12)15-18-7-13(16)8-19-15/h6-8,10,12H,2-5,9H2,1H3. The summed E-state index contributed by atoms with van der Waals surface area (Å²) >= 11 is 3.35. The first-order chi connectivity index (χ1) is 10.6. The van der Waals surface area contributed by atoms with Crippen molar-refractivity contribution in [3.63, 3.8) is 0 Å². The Hall–Kier alpha value is -1.76. The van der Waals surface area contributed by atoms with Gasteiger partial charge in [0.05, 0.1) is 10.8 Å². The molecule has 0 unspecified atom stereocenters. The largest absolute Gasteiger partial charge is 0.341 e. The van der Waals surface area contributed by atoms with Crippen molar-refractivity contribution in [1.29, 1.82) is 0 Å². The third-order valence-corrected chi connectivity index (χ3v) is 4.44. The van der Waals surface area contributed by atoms with E-state index in [1.54, 1.807) is 36.4 Å². The second-order valence-corrected chi connectivity index (χ2v) is 6.58. The zero-order chi connectivity index (χ0) is 15.5. The zero-order valence-electron chi connectivity index (χ0n) is 12.4. The third kappa shape index (κ3) is 3.35. The Morgan fingerprint density at radius 2 is 1.91 bits per heavy atom. The summed E-state index contributed by atoms with van der Waals surface area (Å²) in [5.41, 5.74) is 0.761. The van der Waals surface area contributed by atoms with E-state index in [0.717, 1.165) is 42.9 Å². The minimum atomic E-state index is 0.0636. The molecule has 1 saturated heterocycles. The molecule has 22 heavy (non-hydrogen) atoms. The van der Waals surface area contributed by atoms with Crippen LogP contribution in [0.4, 0.5) is 5.95 Å². The van der Waals surface area contributed by atoms with Gasteiger partial charge in [0.15, 0.2) is 0 Å². The topological polar surface area (TPSA) is 63.9 Å². The molecule has 2 aromatic heterocycles. The average Bonchev–Trinajstić information content (AvgIpc) is 2.53. The highest BCUT2D eigenvalue weighted by atomic mass is 79.9. The summed E-state index contributed by atoms with van der Waals surface area (Å²) in [6.07, 6.45) is 8.85. The van der Waals surface area contributed by atoms with Gasteiger partial charge in [-0.15, -0.1) is 0 Å². The van der Waals surface area contributed by atoms with Gasteiger partial charge in [0.1, 0.15) is 0 Å². The highest BCUT2D eigenvalue weighted by Crippen LogP contribution is 2.22. The summed E-state index contributed by atoms with van der Waals surface area (Å²) in [7, 11) is 0. The summed E-state index contributed by atoms with van der Waals surface area (Å²) in [5.74, 6) is 1.27. The van der Waals surface area contributed by atoms with E-state index in [0.29, 0.717) is 11.5 Å². The molecule has 3 rings (SSSR count). The highest BCUT2D eigenvalue weighted by molar-refractivity contribution is 9.10. The van der Waals surface area contributed by atoms with Gasteiger partial charge in [-0.1, -0.05) is 0 Å². The minimum Gasteiger partial charge on any atom is -0.341 e. The first-order valence-electron chi connectivity index (χ1n) is 7.37. The van der Waals surface area contributed by atoms with E-state index >= 15 is 0 Å². The molecule has 1 aliphatic heterocycles. The van der Waals surface area contributed by atoms with Crippen LogP contribution in [0.15, 0.2) is 34.2 Å². The molecule has 0 aromatic carbocycles. The van der Waals surface area contributed by atoms with Crippen molar-refractivity contribution in [2.75, 3.05) is 18.0 Å². The van der Waals surface area contributed by atoms with E-state index in [4.69, 9.17) is 0 Å². The molecule has 1 aliphatic rings. The molecule has 0 spiro atoms. The highest BCUT2D eigenvalue weighted by Gasteiger charge is 2.21. The number of hydrogen-bond donors (Lipinski definition) is 0. The van der Waals surface area contributed by atoms with Crippen LogP contribution in [-0.2, 0) is 6.54 Å². The third-order valence-electron chi connectivity index (χ3n) is 4.03. The lowest BCUT2D eigenvalue weighted by atomic mass is 9.97. The Morgan fingerprint density at radius 1 is 1.23 bits per heavy atom. The number of rotatable bonds is 3. The molecule has 1 fully saturated rings. The molecule has 0 atom stereocenters. The maximum Gasteiger partial charge on any atom is 0.256 e. The number of hydrogen-bond acceptors (Lipinski definition) is 5. The molecule has 2 aromatic rings. The van der Waals surface area contributed by atoms with Crippen molar-refractivity contribution in [3.8, 4) is 0 Å². The number of nitrogens with zero attached hydrogens (tertiary/aromatic N) is 5. The Balaban J connectivity index is 1.61. The second-order valence-electron chi connectivity index (χ2n) is 5.67. The fourth-order valence-electron chi connectivity index (χ4n) is 2.75. The number of aryl methyl sites for hydroxylation is 1. The quantitative estimate of drug-likeness (QED) is 0.834. The molecule has 0 amide bonds. The molecule has 7 heteroatoms. The fraction of sp³-hybridized carbons (Fsp3) is 0.467. The fourth-order valence-corrected chi connectivity index (χ4v) is 2.96. The van der Waals surface area contributed by atoms with Crippen molar-refractivity contribution in [1.82, 2.24) is 19.5 Å². The number of piperidine rings is 1. The Labute approximate surface area is 137 Å². The number of anilines is 1. The molecule has 6 nitrogen and oxygen atoms in total. The predicted molar refractivity (Wildman–Crippen MR) is 87.9 cm³/mol. The smallest absolute Gasteiger partial charge is 0.256 e. The summed E-state index contributed by atoms with van der Waals surface area (Å²) in [5, 5.41) is 0. The van der Waals surface area contributed by atoms with Gasteiger partial charge in [0.2, 0.25) is 5.95 Å². The number of halogens is 1. The molecule has 0 N–H and O–H groups in total. The molecule has 0 radical (unpaired) electrons. The van der Waals surface area contributed by atoms with Gasteiger partial charge in [-0.25, -0.2) is 15.0 Å². The maximum absolute atomic E-state index is 12.0. The summed E-state index contributed by atoms with van der Waals surface area (Å²) in [6, 6.07) is 0. The van der Waals surface area contributed by atoms with Crippen LogP contribution in [0.1, 0.15) is 18.4 Å². The minimum absolute atomic E-state index is 0.0636. The number of aromatic nitrogens is 4. The zero-order valence-corrected chi connectivity index (χ0v) is 14.0. The van der Waals surface area contributed by atoms with Crippen LogP contribution >= 0.6 is 15.9 Å². The van der Waals surface area contributed by atoms with Crippen molar-refractivity contribution < 1.29 is 0 Å². The lowest BCUT2D eigenvalue weighted by molar-refractivity contribution is 0.348. The van der Waals surface area contributed by atoms with Gasteiger partial charge < -0.3 is 4.90 Å². The molecular formula is C15H18BrN5O. The Morgan fingerprint density at radius 3 is 2.59 bits per heavy atom. The van der Waals surface area contributed by atoms with E-state index in [9.17, 15) is 4.79 Å². The SMILES string of the molecule is Cc1cncn(CC2CCN(c3ncc(Br)cn3)CC2)c1=O. The van der Waals surface area contributed by atoms with E-state index < -0.39 is 0 Å². The first kappa shape index (κ1) is 15.1. The van der Waals surface area contributed by atoms with Crippen molar-refractivity contribution in [2.45, 2.75) is 26.3 Å². The average molecular weight is 364 g/mol. The van der Waals surface area contributed by atoms with Crippen LogP contribution < -0.4 is 10.5 Å². The van der Waals surface area contributed by atoms with Gasteiger partial charge in [-0.2, -0.15) is 0 Å². The summed E-state index contributed by atoms with van der Waals surface area (Å²) in [4.78, 5) is 27.0. The summed E-state index contributed by atoms with van der Waals surface area (Å²) < 4.78 is 2.61. The predicted octanol–water partition coefficient (Wildman–Crippen LogP) is 2.02. The van der Waals surface area contributed by atoms with Crippen molar-refractivity contribution in [2.24, 2.45) is 5.92 Å². The van der Waals surface area contributed by atoms with E-state index in [-0.39, 0.29) is 5.56 Å². The molecular weight excluding hydrogens is 346 g/mol. The molecule has 116 valence electrons. The van der Waals surface area contributed by atoms with Crippen LogP contribution in [0.5, 0.6) is 0 Å². The summed E-state index contributed by atoms with van der Waals surface area (Å²) in [6.45, 7) is 4.38. The Kier molecular flexibility index (Phi) is 4.52.